The zero-order valence-corrected chi connectivity index (χ0v) is 14.3. The lowest BCUT2D eigenvalue weighted by molar-refractivity contribution is -0.386. The second-order valence-corrected chi connectivity index (χ2v) is 8.76. The van der Waals surface area contributed by atoms with E-state index in [2.05, 4.69) is 15.9 Å². The maximum atomic E-state index is 13.4. The monoisotopic (exact) mass is 403 g/mol. The molecule has 10 heteroatoms. The fourth-order valence-corrected chi connectivity index (χ4v) is 3.79. The van der Waals surface area contributed by atoms with E-state index >= 15 is 0 Å². The maximum absolute atomic E-state index is 13.4. The van der Waals surface area contributed by atoms with Crippen molar-refractivity contribution in [1.29, 1.82) is 0 Å². The molecule has 0 bridgehead atoms. The summed E-state index contributed by atoms with van der Waals surface area (Å²) in [7, 11) is 1.42. The molecule has 0 aliphatic rings. The molecule has 118 valence electrons. The highest BCUT2D eigenvalue weighted by atomic mass is 79.9. The second kappa shape index (κ2) is 6.45. The Balaban J connectivity index is 2.98. The molecule has 0 aromatic heterocycles. The highest BCUT2D eigenvalue weighted by molar-refractivity contribution is 9.10. The fraction of sp³-hybridized carbons (Fsp3) is 0.455. The first-order chi connectivity index (χ1) is 9.41. The number of halogens is 3. The second-order valence-electron chi connectivity index (χ2n) is 5.13. The van der Waals surface area contributed by atoms with Crippen molar-refractivity contribution in [3.63, 3.8) is 0 Å². The molecule has 1 aromatic carbocycles. The summed E-state index contributed by atoms with van der Waals surface area (Å²) in [5.41, 5.74) is -1.31. The van der Waals surface area contributed by atoms with Crippen molar-refractivity contribution in [3.05, 3.63) is 32.5 Å². The van der Waals surface area contributed by atoms with E-state index in [0.29, 0.717) is 0 Å². The molecule has 0 atom stereocenters. The van der Waals surface area contributed by atoms with Gasteiger partial charge in [0, 0.05) is 28.2 Å². The molecule has 1 aromatic rings. The van der Waals surface area contributed by atoms with Gasteiger partial charge in [-0.05, 0) is 15.9 Å². The molecule has 0 radical (unpaired) electrons. The first kappa shape index (κ1) is 18.1. The topological polar surface area (TPSA) is 86.5 Å². The molecule has 0 unspecified atom stereocenters. The smallest absolute Gasteiger partial charge is 0.312 e. The van der Waals surface area contributed by atoms with E-state index in [9.17, 15) is 22.9 Å². The van der Waals surface area contributed by atoms with Gasteiger partial charge < -0.3 is 4.74 Å². The summed E-state index contributed by atoms with van der Waals surface area (Å²) in [6, 6.07) is 1.85. The Morgan fingerprint density at radius 1 is 1.48 bits per heavy atom. The van der Waals surface area contributed by atoms with Gasteiger partial charge in [-0.25, -0.2) is 12.8 Å². The van der Waals surface area contributed by atoms with Gasteiger partial charge in [0.1, 0.15) is 5.82 Å². The van der Waals surface area contributed by atoms with Crippen LogP contribution in [0.3, 0.4) is 0 Å². The van der Waals surface area contributed by atoms with E-state index in [1.54, 1.807) is 13.8 Å². The molecule has 0 saturated carbocycles. The van der Waals surface area contributed by atoms with Gasteiger partial charge in [-0.3, -0.25) is 10.1 Å². The van der Waals surface area contributed by atoms with Crippen molar-refractivity contribution in [2.24, 2.45) is 5.41 Å². The van der Waals surface area contributed by atoms with Crippen LogP contribution in [0.15, 0.2) is 16.6 Å². The van der Waals surface area contributed by atoms with Crippen molar-refractivity contribution in [2.75, 3.05) is 12.4 Å². The molecular weight excluding hydrogens is 393 g/mol. The summed E-state index contributed by atoms with van der Waals surface area (Å²) in [5.74, 6) is -1.38. The normalized spacial score (nSPS) is 12.2. The minimum absolute atomic E-state index is 0.0656. The van der Waals surface area contributed by atoms with E-state index in [0.717, 1.165) is 12.1 Å². The summed E-state index contributed by atoms with van der Waals surface area (Å²) in [4.78, 5) is 10.2. The average Bonchev–Trinajstić information content (AvgIpc) is 2.26. The van der Waals surface area contributed by atoms with Crippen LogP contribution in [0.1, 0.15) is 13.8 Å². The van der Waals surface area contributed by atoms with Gasteiger partial charge in [0.2, 0.25) is 9.05 Å². The molecule has 1 rings (SSSR count). The number of nitrogens with zero attached hydrogens (tertiary/aromatic N) is 1. The fourth-order valence-electron chi connectivity index (χ4n) is 1.56. The summed E-state index contributed by atoms with van der Waals surface area (Å²) >= 11 is 2.85. The third kappa shape index (κ3) is 5.76. The molecule has 0 N–H and O–H groups in total. The number of nitro groups is 1. The first-order valence-electron chi connectivity index (χ1n) is 5.60. The van der Waals surface area contributed by atoms with Crippen LogP contribution in [-0.4, -0.2) is 25.7 Å². The molecule has 21 heavy (non-hydrogen) atoms. The highest BCUT2D eigenvalue weighted by Crippen LogP contribution is 2.33. The van der Waals surface area contributed by atoms with Crippen molar-refractivity contribution in [2.45, 2.75) is 13.8 Å². The summed E-state index contributed by atoms with van der Waals surface area (Å²) < 4.78 is 40.7. The predicted octanol–water partition coefficient (Wildman–Crippen LogP) is 3.47. The molecule has 0 amide bonds. The number of benzene rings is 1. The van der Waals surface area contributed by atoms with E-state index in [1.807, 2.05) is 0 Å². The Bertz CT molecular complexity index is 665. The highest BCUT2D eigenvalue weighted by Gasteiger charge is 2.28. The Hall–Kier alpha value is -0.930. The van der Waals surface area contributed by atoms with Crippen LogP contribution in [0, 0.1) is 21.3 Å². The number of nitro benzene ring substituents is 1. The van der Waals surface area contributed by atoms with Crippen LogP contribution in [-0.2, 0) is 9.05 Å². The van der Waals surface area contributed by atoms with Gasteiger partial charge in [-0.15, -0.1) is 0 Å². The Kier molecular flexibility index (Phi) is 5.57. The standard InChI is InChI=1S/C11H12BrClFNO5S/c1-11(2,6-21(13,18)19)5-20-10-4-8(14)7(12)3-9(10)15(16)17/h3-4H,5-6H2,1-2H3. The van der Waals surface area contributed by atoms with Crippen LogP contribution in [0.25, 0.3) is 0 Å². The van der Waals surface area contributed by atoms with Crippen molar-refractivity contribution in [1.82, 2.24) is 0 Å². The largest absolute Gasteiger partial charge is 0.486 e. The Morgan fingerprint density at radius 2 is 2.05 bits per heavy atom. The van der Waals surface area contributed by atoms with Crippen molar-refractivity contribution >= 4 is 41.4 Å². The molecule has 0 aliphatic heterocycles. The van der Waals surface area contributed by atoms with E-state index < -0.39 is 30.9 Å². The third-order valence-electron chi connectivity index (χ3n) is 2.38. The molecule has 0 fully saturated rings. The number of hydrogen-bond acceptors (Lipinski definition) is 5. The van der Waals surface area contributed by atoms with Gasteiger partial charge in [-0.1, -0.05) is 13.8 Å². The Labute approximate surface area is 133 Å². The van der Waals surface area contributed by atoms with Gasteiger partial charge in [0.05, 0.1) is 21.8 Å². The van der Waals surface area contributed by atoms with Crippen LogP contribution >= 0.6 is 26.6 Å². The van der Waals surface area contributed by atoms with Gasteiger partial charge >= 0.3 is 5.69 Å². The zero-order valence-electron chi connectivity index (χ0n) is 11.1. The molecule has 0 aliphatic carbocycles. The molecule has 0 saturated heterocycles. The average molecular weight is 405 g/mol. The first-order valence-corrected chi connectivity index (χ1v) is 8.87. The van der Waals surface area contributed by atoms with Crippen LogP contribution in [0.4, 0.5) is 10.1 Å². The van der Waals surface area contributed by atoms with Gasteiger partial charge in [0.15, 0.2) is 5.75 Å². The number of rotatable bonds is 6. The van der Waals surface area contributed by atoms with Crippen molar-refractivity contribution < 1.29 is 22.5 Å². The zero-order chi connectivity index (χ0) is 16.4. The van der Waals surface area contributed by atoms with Crippen LogP contribution in [0.2, 0.25) is 0 Å². The lowest BCUT2D eigenvalue weighted by atomic mass is 9.98. The lowest BCUT2D eigenvalue weighted by Gasteiger charge is -2.22. The summed E-state index contributed by atoms with van der Waals surface area (Å²) in [5, 5.41) is 10.9. The predicted molar refractivity (Wildman–Crippen MR) is 79.7 cm³/mol. The van der Waals surface area contributed by atoms with Gasteiger partial charge in [0.25, 0.3) is 0 Å². The van der Waals surface area contributed by atoms with Gasteiger partial charge in [-0.2, -0.15) is 0 Å². The molecule has 0 heterocycles. The lowest BCUT2D eigenvalue weighted by Crippen LogP contribution is -2.28. The summed E-state index contributed by atoms with van der Waals surface area (Å²) in [6.45, 7) is 2.95. The summed E-state index contributed by atoms with van der Waals surface area (Å²) in [6.07, 6.45) is 0. The number of hydrogen-bond donors (Lipinski definition) is 0. The van der Waals surface area contributed by atoms with Crippen molar-refractivity contribution in [3.8, 4) is 5.75 Å². The third-order valence-corrected chi connectivity index (χ3v) is 4.44. The molecular formula is C11H12BrClFNO5S. The minimum Gasteiger partial charge on any atom is -0.486 e. The Morgan fingerprint density at radius 3 is 2.52 bits per heavy atom. The minimum atomic E-state index is -3.75. The van der Waals surface area contributed by atoms with E-state index in [-0.39, 0.29) is 22.6 Å². The quantitative estimate of drug-likeness (QED) is 0.411. The maximum Gasteiger partial charge on any atom is 0.312 e. The van der Waals surface area contributed by atoms with E-state index in [1.165, 1.54) is 0 Å². The van der Waals surface area contributed by atoms with Crippen LogP contribution in [0.5, 0.6) is 5.75 Å². The van der Waals surface area contributed by atoms with Crippen LogP contribution < -0.4 is 4.74 Å². The number of ether oxygens (including phenoxy) is 1. The molecule has 0 spiro atoms. The molecule has 6 nitrogen and oxygen atoms in total. The SMILES string of the molecule is CC(C)(COc1cc(F)c(Br)cc1[N+](=O)[O-])CS(=O)(=O)Cl. The van der Waals surface area contributed by atoms with E-state index in [4.69, 9.17) is 15.4 Å².